The van der Waals surface area contributed by atoms with Gasteiger partial charge in [0.2, 0.25) is 0 Å². The lowest BCUT2D eigenvalue weighted by Crippen LogP contribution is -2.62. The summed E-state index contributed by atoms with van der Waals surface area (Å²) in [5.41, 5.74) is 1.41. The van der Waals surface area contributed by atoms with Crippen LogP contribution in [0.3, 0.4) is 0 Å². The maximum Gasteiger partial charge on any atom is 0.254 e. The predicted molar refractivity (Wildman–Crippen MR) is 110 cm³/mol. The zero-order chi connectivity index (χ0) is 19.0. The summed E-state index contributed by atoms with van der Waals surface area (Å²) in [6, 6.07) is 15.3. The summed E-state index contributed by atoms with van der Waals surface area (Å²) < 4.78 is 0. The minimum atomic E-state index is -0.213. The molecule has 2 bridgehead atoms. The van der Waals surface area contributed by atoms with Crippen LogP contribution in [0, 0.1) is 5.92 Å². The van der Waals surface area contributed by atoms with Crippen molar-refractivity contribution in [1.82, 2.24) is 10.2 Å². The minimum absolute atomic E-state index is 0.0699. The lowest BCUT2D eigenvalue weighted by atomic mass is 9.66. The van der Waals surface area contributed by atoms with Gasteiger partial charge in [-0.15, -0.1) is 0 Å². The highest BCUT2D eigenvalue weighted by molar-refractivity contribution is 6.39. The summed E-state index contributed by atoms with van der Waals surface area (Å²) in [6.45, 7) is 1.09. The number of nitrogens with zero attached hydrogens (tertiary/aromatic N) is 1. The summed E-state index contributed by atoms with van der Waals surface area (Å²) in [5.74, 6) is 0.567. The van der Waals surface area contributed by atoms with E-state index < -0.39 is 0 Å². The molecule has 2 aromatic rings. The monoisotopic (exact) mass is 402 g/mol. The molecule has 2 heterocycles. The van der Waals surface area contributed by atoms with E-state index in [2.05, 4.69) is 29.4 Å². The Labute approximate surface area is 170 Å². The molecule has 1 unspecified atom stereocenters. The highest BCUT2D eigenvalue weighted by Gasteiger charge is 2.50. The lowest BCUT2D eigenvalue weighted by Gasteiger charge is -2.57. The van der Waals surface area contributed by atoms with Crippen LogP contribution in [0.1, 0.15) is 47.6 Å². The fourth-order valence-corrected chi connectivity index (χ4v) is 5.48. The number of likely N-dealkylation sites (N-methyl/N-ethyl adjacent to an activating group) is 1. The van der Waals surface area contributed by atoms with Crippen LogP contribution in [0.15, 0.2) is 48.5 Å². The average molecular weight is 403 g/mol. The lowest BCUT2D eigenvalue weighted by molar-refractivity contribution is -0.0404. The molecule has 5 rings (SSSR count). The second-order valence-electron chi connectivity index (χ2n) is 7.84. The first-order valence-electron chi connectivity index (χ1n) is 9.52. The number of hydrogen-bond donors (Lipinski definition) is 1. The molecule has 3 fully saturated rings. The van der Waals surface area contributed by atoms with Crippen molar-refractivity contribution in [3.63, 3.8) is 0 Å². The molecule has 3 aliphatic rings. The maximum absolute atomic E-state index is 13.2. The third kappa shape index (κ3) is 3.37. The van der Waals surface area contributed by atoms with E-state index in [1.807, 2.05) is 18.2 Å². The Morgan fingerprint density at radius 1 is 1.07 bits per heavy atom. The Bertz CT molecular complexity index is 811. The first-order chi connectivity index (χ1) is 13.0. The Balaban J connectivity index is 1.72. The van der Waals surface area contributed by atoms with Gasteiger partial charge in [0.25, 0.3) is 5.91 Å². The number of benzene rings is 2. The van der Waals surface area contributed by atoms with E-state index in [9.17, 15) is 4.79 Å². The molecule has 0 aromatic heterocycles. The van der Waals surface area contributed by atoms with Crippen LogP contribution >= 0.6 is 23.2 Å². The zero-order valence-corrected chi connectivity index (χ0v) is 16.9. The molecule has 2 saturated heterocycles. The van der Waals surface area contributed by atoms with E-state index >= 15 is 0 Å². The van der Waals surface area contributed by atoms with Crippen molar-refractivity contribution in [2.24, 2.45) is 5.92 Å². The fourth-order valence-electron chi connectivity index (χ4n) is 4.91. The second-order valence-corrected chi connectivity index (χ2v) is 8.66. The average Bonchev–Trinajstić information content (AvgIpc) is 2.67. The molecule has 2 aromatic carbocycles. The van der Waals surface area contributed by atoms with Crippen LogP contribution in [0.25, 0.3) is 0 Å². The molecule has 27 heavy (non-hydrogen) atoms. The highest BCUT2D eigenvalue weighted by Crippen LogP contribution is 2.49. The van der Waals surface area contributed by atoms with E-state index in [0.29, 0.717) is 15.6 Å². The SMILES string of the molecule is CN1CC2CCC1(C(NC(=O)c1c(Cl)cccc1Cl)c1ccccc1)CC2. The fraction of sp³-hybridized carbons (Fsp3) is 0.409. The molecular weight excluding hydrogens is 379 g/mol. The van der Waals surface area contributed by atoms with Gasteiger partial charge in [-0.2, -0.15) is 0 Å². The Morgan fingerprint density at radius 3 is 2.30 bits per heavy atom. The van der Waals surface area contributed by atoms with Gasteiger partial charge in [0.15, 0.2) is 0 Å². The van der Waals surface area contributed by atoms with Gasteiger partial charge in [-0.05, 0) is 56.3 Å². The third-order valence-corrected chi connectivity index (χ3v) is 7.03. The van der Waals surface area contributed by atoms with Crippen LogP contribution in [-0.4, -0.2) is 29.9 Å². The van der Waals surface area contributed by atoms with Gasteiger partial charge in [-0.3, -0.25) is 9.69 Å². The number of carbonyl (C=O) groups excluding carboxylic acids is 1. The van der Waals surface area contributed by atoms with Crippen molar-refractivity contribution in [2.75, 3.05) is 13.6 Å². The van der Waals surface area contributed by atoms with Gasteiger partial charge in [0, 0.05) is 12.1 Å². The summed E-state index contributed by atoms with van der Waals surface area (Å²) in [6.07, 6.45) is 4.61. The van der Waals surface area contributed by atoms with Crippen molar-refractivity contribution >= 4 is 29.1 Å². The van der Waals surface area contributed by atoms with Gasteiger partial charge in [-0.1, -0.05) is 59.6 Å². The largest absolute Gasteiger partial charge is 0.343 e. The number of nitrogens with one attached hydrogen (secondary N) is 1. The molecule has 1 aliphatic carbocycles. The van der Waals surface area contributed by atoms with Gasteiger partial charge >= 0.3 is 0 Å². The van der Waals surface area contributed by atoms with E-state index in [-0.39, 0.29) is 17.5 Å². The van der Waals surface area contributed by atoms with E-state index in [0.717, 1.165) is 30.9 Å². The molecule has 1 N–H and O–H groups in total. The quantitative estimate of drug-likeness (QED) is 0.748. The van der Waals surface area contributed by atoms with Crippen LogP contribution in [-0.2, 0) is 0 Å². The predicted octanol–water partition coefficient (Wildman–Crippen LogP) is 5.34. The second kappa shape index (κ2) is 7.46. The van der Waals surface area contributed by atoms with E-state index in [1.54, 1.807) is 18.2 Å². The van der Waals surface area contributed by atoms with Gasteiger partial charge in [-0.25, -0.2) is 0 Å². The number of rotatable bonds is 4. The zero-order valence-electron chi connectivity index (χ0n) is 15.4. The molecule has 1 saturated carbocycles. The number of carbonyl (C=O) groups is 1. The topological polar surface area (TPSA) is 32.3 Å². The number of halogens is 2. The van der Waals surface area contributed by atoms with Crippen molar-refractivity contribution < 1.29 is 4.79 Å². The standard InChI is InChI=1S/C22H24Cl2N2O/c1-26-14-15-10-12-22(26,13-11-15)20(16-6-3-2-4-7-16)25-21(27)19-17(23)8-5-9-18(19)24/h2-9,15,20H,10-14H2,1H3,(H,25,27). The molecular formula is C22H24Cl2N2O. The molecule has 0 radical (unpaired) electrons. The highest BCUT2D eigenvalue weighted by atomic mass is 35.5. The van der Waals surface area contributed by atoms with Crippen LogP contribution in [0.4, 0.5) is 0 Å². The summed E-state index contributed by atoms with van der Waals surface area (Å²) >= 11 is 12.6. The van der Waals surface area contributed by atoms with Gasteiger partial charge in [0.05, 0.1) is 21.7 Å². The molecule has 142 valence electrons. The van der Waals surface area contributed by atoms with E-state index in [1.165, 1.54) is 12.8 Å². The molecule has 0 spiro atoms. The number of fused-ring (bicyclic) bond motifs is 3. The van der Waals surface area contributed by atoms with Crippen molar-refractivity contribution in [3.05, 3.63) is 69.7 Å². The molecule has 5 heteroatoms. The number of amides is 1. The van der Waals surface area contributed by atoms with Crippen molar-refractivity contribution in [3.8, 4) is 0 Å². The van der Waals surface area contributed by atoms with Gasteiger partial charge in [0.1, 0.15) is 0 Å². The minimum Gasteiger partial charge on any atom is -0.343 e. The van der Waals surface area contributed by atoms with Crippen molar-refractivity contribution in [2.45, 2.75) is 37.3 Å². The van der Waals surface area contributed by atoms with E-state index in [4.69, 9.17) is 23.2 Å². The van der Waals surface area contributed by atoms with Crippen LogP contribution in [0.5, 0.6) is 0 Å². The molecule has 2 aliphatic heterocycles. The summed E-state index contributed by atoms with van der Waals surface area (Å²) in [5, 5.41) is 4.06. The molecule has 1 atom stereocenters. The maximum atomic E-state index is 13.2. The normalized spacial score (nSPS) is 26.0. The molecule has 3 nitrogen and oxygen atoms in total. The number of piperidine rings is 2. The smallest absolute Gasteiger partial charge is 0.254 e. The first-order valence-corrected chi connectivity index (χ1v) is 10.3. The first kappa shape index (κ1) is 18.8. The number of hydrogen-bond acceptors (Lipinski definition) is 2. The Kier molecular flexibility index (Phi) is 5.19. The van der Waals surface area contributed by atoms with Crippen LogP contribution < -0.4 is 5.32 Å². The summed E-state index contributed by atoms with van der Waals surface area (Å²) in [7, 11) is 2.19. The Hall–Kier alpha value is -1.55. The van der Waals surface area contributed by atoms with Crippen molar-refractivity contribution in [1.29, 1.82) is 0 Å². The van der Waals surface area contributed by atoms with Gasteiger partial charge < -0.3 is 5.32 Å². The summed E-state index contributed by atoms with van der Waals surface area (Å²) in [4.78, 5) is 15.6. The molecule has 1 amide bonds. The third-order valence-electron chi connectivity index (χ3n) is 6.40. The Morgan fingerprint density at radius 2 is 1.70 bits per heavy atom. The van der Waals surface area contributed by atoms with Crippen LogP contribution in [0.2, 0.25) is 10.0 Å².